The third-order valence-corrected chi connectivity index (χ3v) is 2.37. The van der Waals surface area contributed by atoms with Crippen molar-refractivity contribution in [2.45, 2.75) is 19.8 Å². The molecule has 0 aliphatic carbocycles. The van der Waals surface area contributed by atoms with E-state index in [9.17, 15) is 0 Å². The van der Waals surface area contributed by atoms with Crippen LogP contribution in [0.25, 0.3) is 0 Å². The molecule has 13 heavy (non-hydrogen) atoms. The lowest BCUT2D eigenvalue weighted by molar-refractivity contribution is 0.905. The van der Waals surface area contributed by atoms with E-state index in [0.29, 0.717) is 0 Å². The van der Waals surface area contributed by atoms with E-state index in [1.165, 1.54) is 11.1 Å². The van der Waals surface area contributed by atoms with E-state index >= 15 is 0 Å². The maximum absolute atomic E-state index is 5.33. The van der Waals surface area contributed by atoms with Crippen LogP contribution < -0.4 is 11.3 Å². The fraction of sp³-hybridized carbons (Fsp3) is 0.300. The van der Waals surface area contributed by atoms with Gasteiger partial charge in [-0.2, -0.15) is 0 Å². The third-order valence-electron chi connectivity index (χ3n) is 2.37. The number of aliphatic imine (C=N–C) groups is 1. The third kappa shape index (κ3) is 1.42. The molecule has 0 saturated heterocycles. The smallest absolute Gasteiger partial charge is 0.117 e. The summed E-state index contributed by atoms with van der Waals surface area (Å²) in [5.74, 6) is 6.21. The second-order valence-electron chi connectivity index (χ2n) is 3.29. The number of fused-ring (bicyclic) bond motifs is 1. The quantitative estimate of drug-likeness (QED) is 0.463. The van der Waals surface area contributed by atoms with Gasteiger partial charge in [-0.05, 0) is 24.5 Å². The molecule has 2 rings (SSSR count). The average molecular weight is 175 g/mol. The highest BCUT2D eigenvalue weighted by molar-refractivity contribution is 5.87. The lowest BCUT2D eigenvalue weighted by atomic mass is 10.0. The Balaban J connectivity index is 2.49. The Hall–Kier alpha value is -1.35. The van der Waals surface area contributed by atoms with Gasteiger partial charge in [0.2, 0.25) is 0 Å². The molecular weight excluding hydrogens is 162 g/mol. The first-order valence-electron chi connectivity index (χ1n) is 4.44. The number of nitrogens with one attached hydrogen (secondary N) is 1. The Morgan fingerprint density at radius 3 is 3.00 bits per heavy atom. The van der Waals surface area contributed by atoms with Crippen molar-refractivity contribution in [3.8, 4) is 0 Å². The zero-order valence-corrected chi connectivity index (χ0v) is 7.67. The first kappa shape index (κ1) is 8.26. The van der Waals surface area contributed by atoms with Gasteiger partial charge >= 0.3 is 0 Å². The molecule has 1 aromatic rings. The predicted molar refractivity (Wildman–Crippen MR) is 53.9 cm³/mol. The zero-order chi connectivity index (χ0) is 9.26. The van der Waals surface area contributed by atoms with Crippen LogP contribution in [0.4, 0.5) is 5.69 Å². The molecule has 0 aromatic heterocycles. The standard InChI is InChI=1S/C10H13N3/c1-7-3-2-4-8-5-6-9(13-11)12-10(7)8/h2-4H,5-6,11H2,1H3,(H,12,13). The minimum Gasteiger partial charge on any atom is -0.312 e. The van der Waals surface area contributed by atoms with E-state index in [1.807, 2.05) is 0 Å². The predicted octanol–water partition coefficient (Wildman–Crippen LogP) is 1.43. The van der Waals surface area contributed by atoms with Gasteiger partial charge in [-0.3, -0.25) is 0 Å². The van der Waals surface area contributed by atoms with Crippen LogP contribution in [0.1, 0.15) is 17.5 Å². The van der Waals surface area contributed by atoms with E-state index in [4.69, 9.17) is 5.84 Å². The number of rotatable bonds is 0. The number of nitrogens with zero attached hydrogens (tertiary/aromatic N) is 1. The normalized spacial score (nSPS) is 14.8. The van der Waals surface area contributed by atoms with Gasteiger partial charge in [-0.25, -0.2) is 10.8 Å². The van der Waals surface area contributed by atoms with Gasteiger partial charge in [0.05, 0.1) is 5.69 Å². The summed E-state index contributed by atoms with van der Waals surface area (Å²) < 4.78 is 0. The van der Waals surface area contributed by atoms with E-state index in [-0.39, 0.29) is 0 Å². The molecular formula is C10H13N3. The molecule has 1 aromatic carbocycles. The Bertz CT molecular complexity index is 355. The summed E-state index contributed by atoms with van der Waals surface area (Å²) in [6.07, 6.45) is 1.94. The summed E-state index contributed by atoms with van der Waals surface area (Å²) in [4.78, 5) is 4.44. The first-order chi connectivity index (χ1) is 6.31. The van der Waals surface area contributed by atoms with Crippen molar-refractivity contribution in [3.63, 3.8) is 0 Å². The van der Waals surface area contributed by atoms with Crippen molar-refractivity contribution < 1.29 is 0 Å². The molecule has 0 fully saturated rings. The SMILES string of the molecule is Cc1cccc2c1N=C(NN)CC2. The highest BCUT2D eigenvalue weighted by Gasteiger charge is 2.11. The van der Waals surface area contributed by atoms with Gasteiger partial charge < -0.3 is 5.43 Å². The van der Waals surface area contributed by atoms with Gasteiger partial charge in [0.25, 0.3) is 0 Å². The van der Waals surface area contributed by atoms with Crippen LogP contribution in [0.15, 0.2) is 23.2 Å². The number of amidine groups is 1. The van der Waals surface area contributed by atoms with Crippen LogP contribution in [0.5, 0.6) is 0 Å². The summed E-state index contributed by atoms with van der Waals surface area (Å²) in [6.45, 7) is 2.07. The zero-order valence-electron chi connectivity index (χ0n) is 7.67. The molecule has 3 N–H and O–H groups in total. The molecule has 68 valence electrons. The summed E-state index contributed by atoms with van der Waals surface area (Å²) in [6, 6.07) is 6.27. The number of hydrogen-bond donors (Lipinski definition) is 2. The highest BCUT2D eigenvalue weighted by Crippen LogP contribution is 2.28. The Morgan fingerprint density at radius 2 is 2.23 bits per heavy atom. The Morgan fingerprint density at radius 1 is 1.38 bits per heavy atom. The van der Waals surface area contributed by atoms with Crippen LogP contribution in [0.2, 0.25) is 0 Å². The van der Waals surface area contributed by atoms with Gasteiger partial charge in [0.1, 0.15) is 5.84 Å². The van der Waals surface area contributed by atoms with Crippen LogP contribution in [-0.2, 0) is 6.42 Å². The monoisotopic (exact) mass is 175 g/mol. The van der Waals surface area contributed by atoms with Crippen molar-refractivity contribution in [1.82, 2.24) is 5.43 Å². The Kier molecular flexibility index (Phi) is 2.02. The second-order valence-corrected chi connectivity index (χ2v) is 3.29. The number of nitrogens with two attached hydrogens (primary N) is 1. The average Bonchev–Trinajstić information content (AvgIpc) is 2.18. The lowest BCUT2D eigenvalue weighted by Gasteiger charge is -2.16. The summed E-state index contributed by atoms with van der Waals surface area (Å²) in [5, 5.41) is 0. The van der Waals surface area contributed by atoms with Crippen molar-refractivity contribution >= 4 is 11.5 Å². The number of para-hydroxylation sites is 1. The lowest BCUT2D eigenvalue weighted by Crippen LogP contribution is -2.31. The molecule has 0 radical (unpaired) electrons. The van der Waals surface area contributed by atoms with Gasteiger partial charge in [0, 0.05) is 6.42 Å². The largest absolute Gasteiger partial charge is 0.312 e. The molecule has 0 amide bonds. The molecule has 0 bridgehead atoms. The van der Waals surface area contributed by atoms with Crippen LogP contribution in [0, 0.1) is 6.92 Å². The van der Waals surface area contributed by atoms with E-state index < -0.39 is 0 Å². The maximum Gasteiger partial charge on any atom is 0.117 e. The number of hydrazine groups is 1. The molecule has 3 nitrogen and oxygen atoms in total. The number of aryl methyl sites for hydroxylation is 2. The van der Waals surface area contributed by atoms with Crippen molar-refractivity contribution in [3.05, 3.63) is 29.3 Å². The fourth-order valence-corrected chi connectivity index (χ4v) is 1.63. The van der Waals surface area contributed by atoms with E-state index in [1.54, 1.807) is 0 Å². The summed E-state index contributed by atoms with van der Waals surface area (Å²) in [5.41, 5.74) is 6.24. The minimum absolute atomic E-state index is 0.877. The highest BCUT2D eigenvalue weighted by atomic mass is 15.2. The maximum atomic E-state index is 5.33. The first-order valence-corrected chi connectivity index (χ1v) is 4.44. The molecule has 1 aliphatic rings. The molecule has 3 heteroatoms. The van der Waals surface area contributed by atoms with Gasteiger partial charge in [-0.15, -0.1) is 0 Å². The molecule has 1 aliphatic heterocycles. The van der Waals surface area contributed by atoms with E-state index in [0.717, 1.165) is 24.4 Å². The molecule has 1 heterocycles. The van der Waals surface area contributed by atoms with Gasteiger partial charge in [0.15, 0.2) is 0 Å². The van der Waals surface area contributed by atoms with Crippen molar-refractivity contribution in [1.29, 1.82) is 0 Å². The number of benzene rings is 1. The second kappa shape index (κ2) is 3.18. The fourth-order valence-electron chi connectivity index (χ4n) is 1.63. The Labute approximate surface area is 77.6 Å². The molecule has 0 saturated carbocycles. The summed E-state index contributed by atoms with van der Waals surface area (Å²) in [7, 11) is 0. The number of hydrogen-bond acceptors (Lipinski definition) is 3. The molecule has 0 unspecified atom stereocenters. The van der Waals surface area contributed by atoms with Gasteiger partial charge in [-0.1, -0.05) is 18.2 Å². The van der Waals surface area contributed by atoms with Crippen LogP contribution >= 0.6 is 0 Å². The topological polar surface area (TPSA) is 50.4 Å². The molecule has 0 spiro atoms. The molecule has 0 atom stereocenters. The van der Waals surface area contributed by atoms with Crippen LogP contribution in [-0.4, -0.2) is 5.84 Å². The summed E-state index contributed by atoms with van der Waals surface area (Å²) >= 11 is 0. The van der Waals surface area contributed by atoms with Crippen molar-refractivity contribution in [2.75, 3.05) is 0 Å². The van der Waals surface area contributed by atoms with E-state index in [2.05, 4.69) is 35.5 Å². The van der Waals surface area contributed by atoms with Crippen LogP contribution in [0.3, 0.4) is 0 Å². The minimum atomic E-state index is 0.877. The van der Waals surface area contributed by atoms with Crippen molar-refractivity contribution in [2.24, 2.45) is 10.8 Å².